The molecule has 4 nitrogen and oxygen atoms in total. The Balaban J connectivity index is 2.14. The fraction of sp³-hybridized carbons (Fsp3) is 0.294. The van der Waals surface area contributed by atoms with E-state index in [1.165, 1.54) is 0 Å². The first kappa shape index (κ1) is 16.3. The van der Waals surface area contributed by atoms with Crippen molar-refractivity contribution < 1.29 is 4.79 Å². The number of rotatable bonds is 5. The van der Waals surface area contributed by atoms with Crippen LogP contribution in [0, 0.1) is 6.92 Å². The smallest absolute Gasteiger partial charge is 0.257 e. The number of pyridine rings is 1. The monoisotopic (exact) mass is 317 g/mol. The van der Waals surface area contributed by atoms with Gasteiger partial charge >= 0.3 is 0 Å². The predicted octanol–water partition coefficient (Wildman–Crippen LogP) is 4.51. The first-order valence-corrected chi connectivity index (χ1v) is 7.66. The highest BCUT2D eigenvalue weighted by molar-refractivity contribution is 6.30. The summed E-state index contributed by atoms with van der Waals surface area (Å²) in [6.07, 6.45) is 4.28. The molecule has 1 aromatic carbocycles. The van der Waals surface area contributed by atoms with Crippen LogP contribution in [0.4, 0.5) is 11.4 Å². The van der Waals surface area contributed by atoms with E-state index >= 15 is 0 Å². The Kier molecular flexibility index (Phi) is 5.39. The average Bonchev–Trinajstić information content (AvgIpc) is 2.50. The highest BCUT2D eigenvalue weighted by Gasteiger charge is 2.10. The zero-order chi connectivity index (χ0) is 16.1. The van der Waals surface area contributed by atoms with Crippen LogP contribution in [0.2, 0.25) is 5.02 Å². The van der Waals surface area contributed by atoms with Gasteiger partial charge in [0, 0.05) is 29.1 Å². The standard InChI is InChI=1S/C17H20ClN3O/c1-4-12(3)20-15-8-13(9-19-10-15)17(22)21-16-6-5-14(18)7-11(16)2/h5-10,12,20H,4H2,1-3H3,(H,21,22). The first-order chi connectivity index (χ1) is 10.5. The van der Waals surface area contributed by atoms with Crippen LogP contribution in [0.5, 0.6) is 0 Å². The van der Waals surface area contributed by atoms with Crippen LogP contribution < -0.4 is 10.6 Å². The lowest BCUT2D eigenvalue weighted by atomic mass is 10.1. The summed E-state index contributed by atoms with van der Waals surface area (Å²) in [5, 5.41) is 6.84. The largest absolute Gasteiger partial charge is 0.381 e. The third-order valence-corrected chi connectivity index (χ3v) is 3.70. The van der Waals surface area contributed by atoms with Crippen LogP contribution in [-0.4, -0.2) is 16.9 Å². The van der Waals surface area contributed by atoms with Crippen molar-refractivity contribution in [1.29, 1.82) is 0 Å². The quantitative estimate of drug-likeness (QED) is 0.853. The van der Waals surface area contributed by atoms with Gasteiger partial charge in [0.05, 0.1) is 11.3 Å². The first-order valence-electron chi connectivity index (χ1n) is 7.28. The number of amides is 1. The van der Waals surface area contributed by atoms with Gasteiger partial charge in [0.2, 0.25) is 0 Å². The molecule has 116 valence electrons. The summed E-state index contributed by atoms with van der Waals surface area (Å²) < 4.78 is 0. The lowest BCUT2D eigenvalue weighted by Gasteiger charge is -2.13. The van der Waals surface area contributed by atoms with Gasteiger partial charge in [-0.2, -0.15) is 0 Å². The molecule has 2 N–H and O–H groups in total. The van der Waals surface area contributed by atoms with Crippen molar-refractivity contribution in [2.75, 3.05) is 10.6 Å². The third kappa shape index (κ3) is 4.21. The van der Waals surface area contributed by atoms with Gasteiger partial charge in [-0.05, 0) is 50.1 Å². The molecular weight excluding hydrogens is 298 g/mol. The lowest BCUT2D eigenvalue weighted by Crippen LogP contribution is -2.16. The van der Waals surface area contributed by atoms with Gasteiger partial charge < -0.3 is 10.6 Å². The Hall–Kier alpha value is -2.07. The van der Waals surface area contributed by atoms with E-state index in [9.17, 15) is 4.79 Å². The van der Waals surface area contributed by atoms with E-state index < -0.39 is 0 Å². The van der Waals surface area contributed by atoms with Crippen molar-refractivity contribution >= 4 is 28.9 Å². The molecule has 0 saturated heterocycles. The molecule has 0 aliphatic carbocycles. The molecule has 1 amide bonds. The van der Waals surface area contributed by atoms with Crippen LogP contribution in [-0.2, 0) is 0 Å². The highest BCUT2D eigenvalue weighted by Crippen LogP contribution is 2.20. The second-order valence-corrected chi connectivity index (χ2v) is 5.77. The van der Waals surface area contributed by atoms with Gasteiger partial charge in [0.1, 0.15) is 0 Å². The molecule has 5 heteroatoms. The van der Waals surface area contributed by atoms with Crippen LogP contribution in [0.1, 0.15) is 36.2 Å². The van der Waals surface area contributed by atoms with E-state index in [1.54, 1.807) is 30.6 Å². The average molecular weight is 318 g/mol. The lowest BCUT2D eigenvalue weighted by molar-refractivity contribution is 0.102. The number of hydrogen-bond acceptors (Lipinski definition) is 3. The van der Waals surface area contributed by atoms with E-state index in [1.807, 2.05) is 13.0 Å². The summed E-state index contributed by atoms with van der Waals surface area (Å²) in [6, 6.07) is 7.50. The van der Waals surface area contributed by atoms with Gasteiger partial charge in [0.25, 0.3) is 5.91 Å². The maximum atomic E-state index is 12.3. The van der Waals surface area contributed by atoms with Crippen molar-refractivity contribution in [3.8, 4) is 0 Å². The van der Waals surface area contributed by atoms with E-state index in [4.69, 9.17) is 11.6 Å². The van der Waals surface area contributed by atoms with Crippen molar-refractivity contribution in [1.82, 2.24) is 4.98 Å². The summed E-state index contributed by atoms with van der Waals surface area (Å²) in [4.78, 5) is 16.5. The number of hydrogen-bond donors (Lipinski definition) is 2. The van der Waals surface area contributed by atoms with Crippen LogP contribution in [0.15, 0.2) is 36.7 Å². The molecule has 1 unspecified atom stereocenters. The number of benzene rings is 1. The topological polar surface area (TPSA) is 54.0 Å². The van der Waals surface area contributed by atoms with E-state index in [0.717, 1.165) is 23.4 Å². The van der Waals surface area contributed by atoms with Crippen molar-refractivity contribution in [2.45, 2.75) is 33.2 Å². The molecule has 0 spiro atoms. The molecule has 0 bridgehead atoms. The SMILES string of the molecule is CCC(C)Nc1cncc(C(=O)Nc2ccc(Cl)cc2C)c1. The summed E-state index contributed by atoms with van der Waals surface area (Å²) in [5.41, 5.74) is 3.02. The minimum atomic E-state index is -0.189. The summed E-state index contributed by atoms with van der Waals surface area (Å²) in [5.74, 6) is -0.189. The zero-order valence-electron chi connectivity index (χ0n) is 13.0. The van der Waals surface area contributed by atoms with Gasteiger partial charge in [-0.15, -0.1) is 0 Å². The summed E-state index contributed by atoms with van der Waals surface area (Å²) in [6.45, 7) is 6.09. The predicted molar refractivity (Wildman–Crippen MR) is 91.8 cm³/mol. The zero-order valence-corrected chi connectivity index (χ0v) is 13.7. The number of aryl methyl sites for hydroxylation is 1. The molecule has 0 aliphatic heterocycles. The molecule has 2 aromatic rings. The van der Waals surface area contributed by atoms with Crippen LogP contribution >= 0.6 is 11.6 Å². The highest BCUT2D eigenvalue weighted by atomic mass is 35.5. The summed E-state index contributed by atoms with van der Waals surface area (Å²) in [7, 11) is 0. The molecular formula is C17H20ClN3O. The number of halogens is 1. The number of carbonyl (C=O) groups is 1. The minimum Gasteiger partial charge on any atom is -0.381 e. The Morgan fingerprint density at radius 1 is 1.32 bits per heavy atom. The molecule has 1 aromatic heterocycles. The number of anilines is 2. The summed E-state index contributed by atoms with van der Waals surface area (Å²) >= 11 is 5.92. The molecule has 0 radical (unpaired) electrons. The maximum absolute atomic E-state index is 12.3. The normalized spacial score (nSPS) is 11.8. The molecule has 1 heterocycles. The molecule has 22 heavy (non-hydrogen) atoms. The minimum absolute atomic E-state index is 0.189. The fourth-order valence-corrected chi connectivity index (χ4v) is 2.22. The van der Waals surface area contributed by atoms with Gasteiger partial charge in [-0.3, -0.25) is 9.78 Å². The van der Waals surface area contributed by atoms with Crippen LogP contribution in [0.3, 0.4) is 0 Å². The Bertz CT molecular complexity index is 673. The second-order valence-electron chi connectivity index (χ2n) is 5.33. The number of nitrogens with zero attached hydrogens (tertiary/aromatic N) is 1. The van der Waals surface area contributed by atoms with Crippen molar-refractivity contribution in [3.05, 3.63) is 52.8 Å². The van der Waals surface area contributed by atoms with E-state index in [-0.39, 0.29) is 5.91 Å². The molecule has 2 rings (SSSR count). The molecule has 0 fully saturated rings. The fourth-order valence-electron chi connectivity index (χ4n) is 1.99. The van der Waals surface area contributed by atoms with Gasteiger partial charge in [-0.25, -0.2) is 0 Å². The van der Waals surface area contributed by atoms with E-state index in [0.29, 0.717) is 16.6 Å². The molecule has 0 saturated carbocycles. The second kappa shape index (κ2) is 7.27. The number of nitrogens with one attached hydrogen (secondary N) is 2. The number of aromatic nitrogens is 1. The Morgan fingerprint density at radius 2 is 2.09 bits per heavy atom. The van der Waals surface area contributed by atoms with Gasteiger partial charge in [-0.1, -0.05) is 18.5 Å². The number of carbonyl (C=O) groups excluding carboxylic acids is 1. The Morgan fingerprint density at radius 3 is 2.77 bits per heavy atom. The maximum Gasteiger partial charge on any atom is 0.257 e. The van der Waals surface area contributed by atoms with E-state index in [2.05, 4.69) is 29.5 Å². The third-order valence-electron chi connectivity index (χ3n) is 3.46. The van der Waals surface area contributed by atoms with Crippen LogP contribution in [0.25, 0.3) is 0 Å². The molecule has 1 atom stereocenters. The molecule has 0 aliphatic rings. The van der Waals surface area contributed by atoms with Crippen molar-refractivity contribution in [3.63, 3.8) is 0 Å². The Labute approximate surface area is 135 Å². The van der Waals surface area contributed by atoms with Crippen molar-refractivity contribution in [2.24, 2.45) is 0 Å². The van der Waals surface area contributed by atoms with Gasteiger partial charge in [0.15, 0.2) is 0 Å².